The van der Waals surface area contributed by atoms with Crippen LogP contribution in [0.25, 0.3) is 0 Å². The van der Waals surface area contributed by atoms with Crippen molar-refractivity contribution in [1.29, 1.82) is 0 Å². The van der Waals surface area contributed by atoms with Gasteiger partial charge in [-0.1, -0.05) is 15.9 Å². The fourth-order valence-corrected chi connectivity index (χ4v) is 1.47. The molecule has 0 saturated carbocycles. The predicted molar refractivity (Wildman–Crippen MR) is 64.4 cm³/mol. The number of aromatic nitrogens is 2. The van der Waals surface area contributed by atoms with E-state index in [0.717, 1.165) is 29.9 Å². The zero-order valence-corrected chi connectivity index (χ0v) is 10.7. The van der Waals surface area contributed by atoms with Crippen LogP contribution in [0.1, 0.15) is 12.5 Å². The Balaban J connectivity index is 2.65. The number of alkyl halides is 1. The second-order valence-corrected chi connectivity index (χ2v) is 3.66. The average Bonchev–Trinajstić information content (AvgIpc) is 2.31. The summed E-state index contributed by atoms with van der Waals surface area (Å²) in [6.07, 6.45) is 3.68. The van der Waals surface area contributed by atoms with E-state index in [4.69, 9.17) is 4.74 Å². The van der Waals surface area contributed by atoms with Crippen LogP contribution in [0.4, 0.5) is 5.95 Å². The van der Waals surface area contributed by atoms with Gasteiger partial charge in [0.25, 0.3) is 0 Å². The van der Waals surface area contributed by atoms with E-state index in [1.54, 1.807) is 7.11 Å². The van der Waals surface area contributed by atoms with Crippen molar-refractivity contribution in [2.75, 3.05) is 31.7 Å². The molecule has 0 unspecified atom stereocenters. The highest BCUT2D eigenvalue weighted by molar-refractivity contribution is 9.08. The number of hydrogen-bond acceptors (Lipinski definition) is 4. The normalized spacial score (nSPS) is 10.3. The molecule has 15 heavy (non-hydrogen) atoms. The van der Waals surface area contributed by atoms with Crippen molar-refractivity contribution >= 4 is 21.9 Å². The maximum atomic E-state index is 5.04. The lowest BCUT2D eigenvalue weighted by molar-refractivity contribution is 0.205. The van der Waals surface area contributed by atoms with Crippen LogP contribution < -0.4 is 4.90 Å². The van der Waals surface area contributed by atoms with Gasteiger partial charge in [-0.3, -0.25) is 0 Å². The summed E-state index contributed by atoms with van der Waals surface area (Å²) in [6.45, 7) is 4.48. The van der Waals surface area contributed by atoms with Crippen molar-refractivity contribution in [1.82, 2.24) is 9.97 Å². The Labute approximate surface area is 98.8 Å². The molecular formula is C10H16BrN3O. The van der Waals surface area contributed by atoms with Crippen LogP contribution in [0.2, 0.25) is 0 Å². The van der Waals surface area contributed by atoms with Crippen molar-refractivity contribution in [3.8, 4) is 0 Å². The molecule has 1 rings (SSSR count). The Bertz CT molecular complexity index is 279. The van der Waals surface area contributed by atoms with Gasteiger partial charge in [-0.2, -0.15) is 0 Å². The van der Waals surface area contributed by atoms with E-state index in [2.05, 4.69) is 37.7 Å². The van der Waals surface area contributed by atoms with Crippen LogP contribution in [0.3, 0.4) is 0 Å². The molecular weight excluding hydrogens is 258 g/mol. The summed E-state index contributed by atoms with van der Waals surface area (Å²) in [7, 11) is 1.70. The smallest absolute Gasteiger partial charge is 0.225 e. The molecule has 1 aromatic heterocycles. The first kappa shape index (κ1) is 12.4. The summed E-state index contributed by atoms with van der Waals surface area (Å²) in [6, 6.07) is 0. The van der Waals surface area contributed by atoms with Gasteiger partial charge in [-0.05, 0) is 12.5 Å². The van der Waals surface area contributed by atoms with E-state index in [1.807, 2.05) is 12.4 Å². The molecule has 0 aliphatic rings. The number of halogens is 1. The predicted octanol–water partition coefficient (Wildman–Crippen LogP) is 1.84. The standard InChI is InChI=1S/C10H16BrN3O/c1-3-14(4-5-15-2)10-12-7-9(6-11)8-13-10/h7-8H,3-6H2,1-2H3. The lowest BCUT2D eigenvalue weighted by Gasteiger charge is -2.19. The zero-order chi connectivity index (χ0) is 11.1. The molecule has 0 atom stereocenters. The third-order valence-electron chi connectivity index (χ3n) is 2.08. The Morgan fingerprint density at radius 2 is 2.07 bits per heavy atom. The summed E-state index contributed by atoms with van der Waals surface area (Å²) >= 11 is 3.36. The highest BCUT2D eigenvalue weighted by atomic mass is 79.9. The second-order valence-electron chi connectivity index (χ2n) is 3.10. The van der Waals surface area contributed by atoms with Crippen molar-refractivity contribution in [3.05, 3.63) is 18.0 Å². The third kappa shape index (κ3) is 3.76. The largest absolute Gasteiger partial charge is 0.383 e. The van der Waals surface area contributed by atoms with Gasteiger partial charge in [-0.15, -0.1) is 0 Å². The molecule has 84 valence electrons. The zero-order valence-electron chi connectivity index (χ0n) is 9.11. The van der Waals surface area contributed by atoms with Crippen molar-refractivity contribution in [2.45, 2.75) is 12.3 Å². The number of hydrogen-bond donors (Lipinski definition) is 0. The Hall–Kier alpha value is -0.680. The Morgan fingerprint density at radius 3 is 2.53 bits per heavy atom. The molecule has 0 bridgehead atoms. The second kappa shape index (κ2) is 6.74. The van der Waals surface area contributed by atoms with E-state index >= 15 is 0 Å². The topological polar surface area (TPSA) is 38.2 Å². The molecule has 0 N–H and O–H groups in total. The van der Waals surface area contributed by atoms with Gasteiger partial charge in [-0.25, -0.2) is 9.97 Å². The molecule has 1 heterocycles. The summed E-state index contributed by atoms with van der Waals surface area (Å²) in [5, 5.41) is 0.789. The Kier molecular flexibility index (Phi) is 5.57. The number of anilines is 1. The van der Waals surface area contributed by atoms with Gasteiger partial charge < -0.3 is 9.64 Å². The first-order chi connectivity index (χ1) is 7.31. The fraction of sp³-hybridized carbons (Fsp3) is 0.600. The highest BCUT2D eigenvalue weighted by Crippen LogP contribution is 2.08. The van der Waals surface area contributed by atoms with E-state index in [1.165, 1.54) is 0 Å². The molecule has 0 radical (unpaired) electrons. The molecule has 0 aliphatic heterocycles. The molecule has 0 amide bonds. The quantitative estimate of drug-likeness (QED) is 0.742. The summed E-state index contributed by atoms with van der Waals surface area (Å²) in [5.41, 5.74) is 1.08. The number of rotatable bonds is 6. The van der Waals surface area contributed by atoms with E-state index in [9.17, 15) is 0 Å². The summed E-state index contributed by atoms with van der Waals surface area (Å²) < 4.78 is 5.04. The lowest BCUT2D eigenvalue weighted by atomic mass is 10.4. The van der Waals surface area contributed by atoms with Gasteiger partial charge in [0, 0.05) is 37.9 Å². The van der Waals surface area contributed by atoms with Crippen LogP contribution in [-0.2, 0) is 10.1 Å². The minimum absolute atomic E-state index is 0.692. The lowest BCUT2D eigenvalue weighted by Crippen LogP contribution is -2.28. The summed E-state index contributed by atoms with van der Waals surface area (Å²) in [5.74, 6) is 0.763. The number of likely N-dealkylation sites (N-methyl/N-ethyl adjacent to an activating group) is 1. The molecule has 5 heteroatoms. The van der Waals surface area contributed by atoms with E-state index in [0.29, 0.717) is 6.61 Å². The SMILES string of the molecule is CCN(CCOC)c1ncc(CBr)cn1. The van der Waals surface area contributed by atoms with Crippen molar-refractivity contribution in [2.24, 2.45) is 0 Å². The van der Waals surface area contributed by atoms with Gasteiger partial charge in [0.2, 0.25) is 5.95 Å². The molecule has 0 fully saturated rings. The third-order valence-corrected chi connectivity index (χ3v) is 2.72. The van der Waals surface area contributed by atoms with Crippen LogP contribution in [0.5, 0.6) is 0 Å². The number of ether oxygens (including phenoxy) is 1. The maximum Gasteiger partial charge on any atom is 0.225 e. The van der Waals surface area contributed by atoms with Crippen LogP contribution in [-0.4, -0.2) is 36.8 Å². The molecule has 0 aliphatic carbocycles. The van der Waals surface area contributed by atoms with Gasteiger partial charge in [0.05, 0.1) is 6.61 Å². The maximum absolute atomic E-state index is 5.04. The van der Waals surface area contributed by atoms with Crippen molar-refractivity contribution in [3.63, 3.8) is 0 Å². The van der Waals surface area contributed by atoms with Crippen molar-refractivity contribution < 1.29 is 4.74 Å². The minimum atomic E-state index is 0.692. The molecule has 0 saturated heterocycles. The summed E-state index contributed by atoms with van der Waals surface area (Å²) in [4.78, 5) is 10.7. The van der Waals surface area contributed by atoms with E-state index in [-0.39, 0.29) is 0 Å². The molecule has 4 nitrogen and oxygen atoms in total. The first-order valence-corrected chi connectivity index (χ1v) is 6.04. The van der Waals surface area contributed by atoms with Crippen LogP contribution in [0, 0.1) is 0 Å². The monoisotopic (exact) mass is 273 g/mol. The Morgan fingerprint density at radius 1 is 1.40 bits per heavy atom. The van der Waals surface area contributed by atoms with E-state index < -0.39 is 0 Å². The fourth-order valence-electron chi connectivity index (χ4n) is 1.18. The molecule has 0 spiro atoms. The highest BCUT2D eigenvalue weighted by Gasteiger charge is 2.06. The minimum Gasteiger partial charge on any atom is -0.383 e. The number of nitrogens with zero attached hydrogens (tertiary/aromatic N) is 3. The molecule has 0 aromatic carbocycles. The number of methoxy groups -OCH3 is 1. The van der Waals surface area contributed by atoms with Crippen LogP contribution >= 0.6 is 15.9 Å². The van der Waals surface area contributed by atoms with Crippen LogP contribution in [0.15, 0.2) is 12.4 Å². The van der Waals surface area contributed by atoms with Gasteiger partial charge >= 0.3 is 0 Å². The average molecular weight is 274 g/mol. The molecule has 1 aromatic rings. The van der Waals surface area contributed by atoms with Gasteiger partial charge in [0.1, 0.15) is 0 Å². The van der Waals surface area contributed by atoms with Gasteiger partial charge in [0.15, 0.2) is 0 Å². The first-order valence-electron chi connectivity index (χ1n) is 4.92.